The van der Waals surface area contributed by atoms with Gasteiger partial charge in [-0.15, -0.1) is 11.3 Å². The summed E-state index contributed by atoms with van der Waals surface area (Å²) in [5, 5.41) is 12.3. The topological polar surface area (TPSA) is 55.3 Å². The zero-order chi connectivity index (χ0) is 18.5. The molecule has 1 unspecified atom stereocenters. The fourth-order valence-electron chi connectivity index (χ4n) is 2.82. The van der Waals surface area contributed by atoms with E-state index in [1.807, 2.05) is 72.7 Å². The second kappa shape index (κ2) is 8.29. The lowest BCUT2D eigenvalue weighted by atomic mass is 10.0. The third-order valence-corrected chi connectivity index (χ3v) is 5.40. The molecule has 0 fully saturated rings. The molecule has 2 aromatic heterocycles. The predicted octanol–water partition coefficient (Wildman–Crippen LogP) is 3.02. The van der Waals surface area contributed by atoms with E-state index in [4.69, 9.17) is 4.74 Å². The molecule has 3 rings (SSSR count). The van der Waals surface area contributed by atoms with Gasteiger partial charge in [-0.25, -0.2) is 13.9 Å². The third kappa shape index (κ3) is 4.03. The second-order valence-corrected chi connectivity index (χ2v) is 7.09. The Morgan fingerprint density at radius 2 is 2.08 bits per heavy atom. The van der Waals surface area contributed by atoms with Crippen LogP contribution in [0.15, 0.2) is 54.2 Å². The molecule has 0 saturated carbocycles. The van der Waals surface area contributed by atoms with Crippen LogP contribution in [0, 0.1) is 6.92 Å². The van der Waals surface area contributed by atoms with E-state index in [9.17, 15) is 9.90 Å². The molecule has 6 heteroatoms. The van der Waals surface area contributed by atoms with Crippen molar-refractivity contribution in [1.82, 2.24) is 4.57 Å². The van der Waals surface area contributed by atoms with Crippen molar-refractivity contribution in [2.45, 2.75) is 26.0 Å². The van der Waals surface area contributed by atoms with Crippen molar-refractivity contribution in [2.75, 3.05) is 6.61 Å². The normalized spacial score (nSPS) is 12.1. The van der Waals surface area contributed by atoms with E-state index in [-0.39, 0.29) is 6.61 Å². The minimum absolute atomic E-state index is 0.281. The number of benzene rings is 1. The molecule has 1 aromatic carbocycles. The Kier molecular flexibility index (Phi) is 5.85. The van der Waals surface area contributed by atoms with Crippen molar-refractivity contribution >= 4 is 17.3 Å². The van der Waals surface area contributed by atoms with Gasteiger partial charge in [0.05, 0.1) is 25.1 Å². The molecule has 2 heterocycles. The van der Waals surface area contributed by atoms with E-state index < -0.39 is 12.1 Å². The van der Waals surface area contributed by atoms with Crippen molar-refractivity contribution in [3.8, 4) is 11.1 Å². The molecular weight excluding hydrogens is 348 g/mol. The molecule has 0 spiro atoms. The Morgan fingerprint density at radius 3 is 2.77 bits per heavy atom. The van der Waals surface area contributed by atoms with Gasteiger partial charge in [0.25, 0.3) is 5.82 Å². The number of imidazole rings is 1. The molecule has 0 saturated heterocycles. The number of hydrogen-bond donors (Lipinski definition) is 1. The molecule has 0 bridgehead atoms. The highest BCUT2D eigenvalue weighted by atomic mass is 32.1. The number of carbonyl (C=O) groups is 1. The Morgan fingerprint density at radius 1 is 1.31 bits per heavy atom. The van der Waals surface area contributed by atoms with Crippen LogP contribution in [0.3, 0.4) is 0 Å². The quantitative estimate of drug-likeness (QED) is 0.395. The summed E-state index contributed by atoms with van der Waals surface area (Å²) in [4.78, 5) is 12.9. The van der Waals surface area contributed by atoms with E-state index in [0.29, 0.717) is 11.3 Å². The summed E-state index contributed by atoms with van der Waals surface area (Å²) in [6, 6.07) is 11.6. The maximum Gasteiger partial charge on any atom is 0.340 e. The summed E-state index contributed by atoms with van der Waals surface area (Å²) >= 11 is 1.36. The Hall–Kier alpha value is -2.44. The summed E-state index contributed by atoms with van der Waals surface area (Å²) < 4.78 is 9.43. The molecule has 26 heavy (non-hydrogen) atoms. The van der Waals surface area contributed by atoms with Gasteiger partial charge in [0.15, 0.2) is 6.10 Å². The van der Waals surface area contributed by atoms with Gasteiger partial charge < -0.3 is 9.84 Å². The van der Waals surface area contributed by atoms with Crippen molar-refractivity contribution in [3.63, 3.8) is 0 Å². The number of ether oxygens (including phenoxy) is 1. The molecule has 1 N–H and O–H groups in total. The lowest BCUT2D eigenvalue weighted by Gasteiger charge is -2.11. The lowest BCUT2D eigenvalue weighted by molar-refractivity contribution is -0.677. The van der Waals surface area contributed by atoms with Crippen LogP contribution in [-0.4, -0.2) is 22.2 Å². The Bertz CT molecular complexity index is 870. The molecule has 0 radical (unpaired) electrons. The fourth-order valence-corrected chi connectivity index (χ4v) is 3.71. The average molecular weight is 371 g/mol. The Balaban J connectivity index is 1.56. The van der Waals surface area contributed by atoms with Crippen LogP contribution in [0.4, 0.5) is 0 Å². The Labute approximate surface area is 157 Å². The van der Waals surface area contributed by atoms with E-state index >= 15 is 0 Å². The lowest BCUT2D eigenvalue weighted by Crippen LogP contribution is -2.29. The standard InChI is InChI=1S/C20H23N2O3S/c1-15-21(2)11-12-22(15)10-6-13-25-20(24)18(23)19-17(9-14-26-19)16-7-4-3-5-8-16/h3-5,7-9,11-12,14,18,23H,6,10,13H2,1-2H3/q+1. The maximum absolute atomic E-state index is 12.2. The number of carbonyl (C=O) groups excluding carboxylic acids is 1. The molecule has 136 valence electrons. The van der Waals surface area contributed by atoms with E-state index in [0.717, 1.165) is 23.5 Å². The molecular formula is C20H23N2O3S+. The number of aromatic nitrogens is 2. The fraction of sp³-hybridized carbons (Fsp3) is 0.300. The highest BCUT2D eigenvalue weighted by Crippen LogP contribution is 2.33. The largest absolute Gasteiger partial charge is 0.463 e. The van der Waals surface area contributed by atoms with Crippen LogP contribution in [0.25, 0.3) is 11.1 Å². The van der Waals surface area contributed by atoms with Crippen LogP contribution in [-0.2, 0) is 23.1 Å². The minimum Gasteiger partial charge on any atom is -0.463 e. The number of hydrogen-bond acceptors (Lipinski definition) is 4. The summed E-state index contributed by atoms with van der Waals surface area (Å²) in [5.41, 5.74) is 1.85. The van der Waals surface area contributed by atoms with E-state index in [1.54, 1.807) is 0 Å². The van der Waals surface area contributed by atoms with Gasteiger partial charge in [0, 0.05) is 13.3 Å². The van der Waals surface area contributed by atoms with E-state index in [2.05, 4.69) is 4.57 Å². The number of aryl methyl sites for hydroxylation is 2. The van der Waals surface area contributed by atoms with Gasteiger partial charge in [-0.1, -0.05) is 30.3 Å². The highest BCUT2D eigenvalue weighted by Gasteiger charge is 2.24. The molecule has 0 aliphatic rings. The zero-order valence-corrected chi connectivity index (χ0v) is 15.8. The maximum atomic E-state index is 12.2. The molecule has 1 atom stereocenters. The number of rotatable bonds is 7. The predicted molar refractivity (Wildman–Crippen MR) is 101 cm³/mol. The van der Waals surface area contributed by atoms with Crippen LogP contribution in [0.5, 0.6) is 0 Å². The number of aliphatic hydroxyl groups excluding tert-OH is 1. The van der Waals surface area contributed by atoms with Crippen LogP contribution >= 0.6 is 11.3 Å². The first-order valence-corrected chi connectivity index (χ1v) is 9.45. The van der Waals surface area contributed by atoms with Crippen LogP contribution < -0.4 is 4.57 Å². The van der Waals surface area contributed by atoms with Crippen LogP contribution in [0.2, 0.25) is 0 Å². The second-order valence-electron chi connectivity index (χ2n) is 6.14. The van der Waals surface area contributed by atoms with Gasteiger partial charge in [-0.05, 0) is 22.6 Å². The van der Waals surface area contributed by atoms with Crippen LogP contribution in [0.1, 0.15) is 23.2 Å². The first-order valence-electron chi connectivity index (χ1n) is 8.57. The summed E-state index contributed by atoms with van der Waals surface area (Å²) in [5.74, 6) is 0.543. The first-order chi connectivity index (χ1) is 12.6. The van der Waals surface area contributed by atoms with Gasteiger partial charge in [-0.2, -0.15) is 0 Å². The summed E-state index contributed by atoms with van der Waals surface area (Å²) in [6.07, 6.45) is 3.44. The molecule has 3 aromatic rings. The van der Waals surface area contributed by atoms with Crippen molar-refractivity contribution in [2.24, 2.45) is 7.05 Å². The smallest absolute Gasteiger partial charge is 0.340 e. The monoisotopic (exact) mass is 371 g/mol. The molecule has 5 nitrogen and oxygen atoms in total. The average Bonchev–Trinajstić information content (AvgIpc) is 3.27. The number of aliphatic hydroxyl groups is 1. The summed E-state index contributed by atoms with van der Waals surface area (Å²) in [7, 11) is 1.99. The highest BCUT2D eigenvalue weighted by molar-refractivity contribution is 7.10. The van der Waals surface area contributed by atoms with Crippen molar-refractivity contribution in [1.29, 1.82) is 0 Å². The minimum atomic E-state index is -1.25. The van der Waals surface area contributed by atoms with Gasteiger partial charge in [-0.3, -0.25) is 0 Å². The first kappa shape index (κ1) is 18.4. The van der Waals surface area contributed by atoms with Crippen molar-refractivity contribution < 1.29 is 19.2 Å². The van der Waals surface area contributed by atoms with Gasteiger partial charge in [0.1, 0.15) is 12.4 Å². The van der Waals surface area contributed by atoms with Gasteiger partial charge >= 0.3 is 5.97 Å². The zero-order valence-electron chi connectivity index (χ0n) is 15.0. The number of esters is 1. The SMILES string of the molecule is Cc1n(CCCOC(=O)C(O)c2sccc2-c2ccccc2)cc[n+]1C. The van der Waals surface area contributed by atoms with Crippen molar-refractivity contribution in [3.05, 3.63) is 64.9 Å². The molecule has 0 aliphatic heterocycles. The summed E-state index contributed by atoms with van der Waals surface area (Å²) in [6.45, 7) is 3.09. The number of nitrogens with zero attached hydrogens (tertiary/aromatic N) is 2. The van der Waals surface area contributed by atoms with Gasteiger partial charge in [0.2, 0.25) is 0 Å². The molecule has 0 aliphatic carbocycles. The van der Waals surface area contributed by atoms with E-state index in [1.165, 1.54) is 11.3 Å². The third-order valence-electron chi connectivity index (χ3n) is 4.44. The number of thiophene rings is 1. The molecule has 0 amide bonds.